The third kappa shape index (κ3) is 3.64. The number of Topliss-reactive ketones (excluding diaryl/α,β-unsaturated/α-hetero) is 1. The van der Waals surface area contributed by atoms with Crippen LogP contribution in [-0.4, -0.2) is 20.5 Å². The van der Waals surface area contributed by atoms with Gasteiger partial charge in [-0.25, -0.2) is 9.67 Å². The Bertz CT molecular complexity index is 405. The van der Waals surface area contributed by atoms with Crippen LogP contribution in [0.1, 0.15) is 58.2 Å². The molecule has 4 heteroatoms. The van der Waals surface area contributed by atoms with Gasteiger partial charge in [-0.05, 0) is 38.5 Å². The number of aromatic nitrogens is 3. The smallest absolute Gasteiger partial charge is 0.143 e. The molecule has 0 unspecified atom stereocenters. The van der Waals surface area contributed by atoms with Crippen molar-refractivity contribution in [3.05, 3.63) is 12.2 Å². The lowest BCUT2D eigenvalue weighted by Crippen LogP contribution is -2.24. The first-order chi connectivity index (χ1) is 9.24. The number of aryl methyl sites for hydroxylation is 1. The third-order valence-electron chi connectivity index (χ3n) is 4.33. The highest BCUT2D eigenvalue weighted by Gasteiger charge is 2.26. The van der Waals surface area contributed by atoms with E-state index in [0.29, 0.717) is 12.2 Å². The predicted molar refractivity (Wildman–Crippen MR) is 74.8 cm³/mol. The van der Waals surface area contributed by atoms with Gasteiger partial charge in [-0.2, -0.15) is 5.10 Å². The van der Waals surface area contributed by atoms with E-state index in [9.17, 15) is 4.79 Å². The van der Waals surface area contributed by atoms with Crippen molar-refractivity contribution in [3.63, 3.8) is 0 Å². The molecule has 1 aromatic heterocycles. The van der Waals surface area contributed by atoms with Crippen LogP contribution in [0, 0.1) is 11.8 Å². The van der Waals surface area contributed by atoms with Gasteiger partial charge in [0.25, 0.3) is 0 Å². The van der Waals surface area contributed by atoms with E-state index in [4.69, 9.17) is 0 Å². The minimum Gasteiger partial charge on any atom is -0.299 e. The van der Waals surface area contributed by atoms with Crippen molar-refractivity contribution in [2.24, 2.45) is 11.8 Å². The van der Waals surface area contributed by atoms with Crippen molar-refractivity contribution in [1.82, 2.24) is 14.8 Å². The van der Waals surface area contributed by atoms with Gasteiger partial charge in [0.05, 0.1) is 6.42 Å². The van der Waals surface area contributed by atoms with Crippen molar-refractivity contribution in [3.8, 4) is 0 Å². The fourth-order valence-electron chi connectivity index (χ4n) is 3.17. The fraction of sp³-hybridized carbons (Fsp3) is 0.800. The summed E-state index contributed by atoms with van der Waals surface area (Å²) in [7, 11) is 0. The molecule has 0 amide bonds. The molecule has 1 aliphatic rings. The lowest BCUT2D eigenvalue weighted by molar-refractivity contribution is -0.123. The summed E-state index contributed by atoms with van der Waals surface area (Å²) in [6, 6.07) is 0. The number of hydrogen-bond donors (Lipinski definition) is 0. The van der Waals surface area contributed by atoms with E-state index in [1.54, 1.807) is 6.33 Å². The van der Waals surface area contributed by atoms with Gasteiger partial charge in [0, 0.05) is 12.5 Å². The molecule has 0 atom stereocenters. The second kappa shape index (κ2) is 6.83. The quantitative estimate of drug-likeness (QED) is 0.792. The van der Waals surface area contributed by atoms with Crippen molar-refractivity contribution < 1.29 is 4.79 Å². The first-order valence-electron chi connectivity index (χ1n) is 7.64. The molecule has 106 valence electrons. The molecular formula is C15H25N3O. The summed E-state index contributed by atoms with van der Waals surface area (Å²) < 4.78 is 1.82. The molecule has 0 spiro atoms. The van der Waals surface area contributed by atoms with Gasteiger partial charge in [-0.15, -0.1) is 0 Å². The molecule has 1 aliphatic carbocycles. The van der Waals surface area contributed by atoms with Gasteiger partial charge in [0.1, 0.15) is 17.9 Å². The molecule has 19 heavy (non-hydrogen) atoms. The van der Waals surface area contributed by atoms with Crippen LogP contribution in [0.4, 0.5) is 0 Å². The molecule has 1 heterocycles. The first kappa shape index (κ1) is 14.2. The maximum absolute atomic E-state index is 12.3. The Morgan fingerprint density at radius 2 is 2.05 bits per heavy atom. The molecular weight excluding hydrogens is 238 g/mol. The highest BCUT2D eigenvalue weighted by atomic mass is 16.1. The number of carbonyl (C=O) groups excluding carboxylic acids is 1. The van der Waals surface area contributed by atoms with Crippen LogP contribution in [0.15, 0.2) is 6.33 Å². The molecule has 0 N–H and O–H groups in total. The van der Waals surface area contributed by atoms with Crippen LogP contribution in [-0.2, 0) is 17.8 Å². The summed E-state index contributed by atoms with van der Waals surface area (Å²) in [5, 5.41) is 4.12. The summed E-state index contributed by atoms with van der Waals surface area (Å²) in [6.45, 7) is 5.05. The van der Waals surface area contributed by atoms with E-state index in [1.165, 1.54) is 25.7 Å². The number of carbonyl (C=O) groups is 1. The van der Waals surface area contributed by atoms with Crippen LogP contribution in [0.5, 0.6) is 0 Å². The monoisotopic (exact) mass is 263 g/mol. The Hall–Kier alpha value is -1.19. The number of ketones is 1. The molecule has 2 rings (SSSR count). The maximum atomic E-state index is 12.3. The summed E-state index contributed by atoms with van der Waals surface area (Å²) in [4.78, 5) is 16.5. The Kier molecular flexibility index (Phi) is 5.11. The number of rotatable bonds is 6. The molecule has 1 fully saturated rings. The summed E-state index contributed by atoms with van der Waals surface area (Å²) in [5.41, 5.74) is 0. The molecule has 0 aliphatic heterocycles. The Labute approximate surface area is 115 Å². The van der Waals surface area contributed by atoms with E-state index in [0.717, 1.165) is 31.1 Å². The zero-order chi connectivity index (χ0) is 13.7. The van der Waals surface area contributed by atoms with E-state index >= 15 is 0 Å². The van der Waals surface area contributed by atoms with Crippen molar-refractivity contribution in [1.29, 1.82) is 0 Å². The van der Waals surface area contributed by atoms with Gasteiger partial charge >= 0.3 is 0 Å². The van der Waals surface area contributed by atoms with Crippen LogP contribution >= 0.6 is 0 Å². The van der Waals surface area contributed by atoms with Crippen molar-refractivity contribution in [2.45, 2.75) is 65.3 Å². The number of hydrogen-bond acceptors (Lipinski definition) is 3. The minimum atomic E-state index is 0.259. The molecule has 1 saturated carbocycles. The second-order valence-corrected chi connectivity index (χ2v) is 5.64. The molecule has 0 bridgehead atoms. The normalized spacial score (nSPS) is 23.5. The summed E-state index contributed by atoms with van der Waals surface area (Å²) in [6.07, 6.45) is 9.19. The summed E-state index contributed by atoms with van der Waals surface area (Å²) >= 11 is 0. The summed E-state index contributed by atoms with van der Waals surface area (Å²) in [5.74, 6) is 2.30. The van der Waals surface area contributed by atoms with Gasteiger partial charge in [-0.1, -0.05) is 19.8 Å². The molecule has 0 saturated heterocycles. The molecule has 1 aromatic rings. The molecule has 0 radical (unpaired) electrons. The first-order valence-corrected chi connectivity index (χ1v) is 7.64. The van der Waals surface area contributed by atoms with E-state index in [2.05, 4.69) is 17.0 Å². The number of nitrogens with zero attached hydrogens (tertiary/aromatic N) is 3. The second-order valence-electron chi connectivity index (χ2n) is 5.64. The minimum absolute atomic E-state index is 0.259. The topological polar surface area (TPSA) is 47.8 Å². The van der Waals surface area contributed by atoms with E-state index in [1.807, 2.05) is 11.6 Å². The van der Waals surface area contributed by atoms with E-state index < -0.39 is 0 Å². The average Bonchev–Trinajstić information content (AvgIpc) is 2.87. The van der Waals surface area contributed by atoms with Crippen LogP contribution < -0.4 is 0 Å². The van der Waals surface area contributed by atoms with E-state index in [-0.39, 0.29) is 5.92 Å². The van der Waals surface area contributed by atoms with Crippen LogP contribution in [0.2, 0.25) is 0 Å². The zero-order valence-corrected chi connectivity index (χ0v) is 12.1. The van der Waals surface area contributed by atoms with Crippen LogP contribution in [0.3, 0.4) is 0 Å². The van der Waals surface area contributed by atoms with Crippen LogP contribution in [0.25, 0.3) is 0 Å². The third-order valence-corrected chi connectivity index (χ3v) is 4.33. The van der Waals surface area contributed by atoms with Gasteiger partial charge in [0.15, 0.2) is 0 Å². The largest absolute Gasteiger partial charge is 0.299 e. The van der Waals surface area contributed by atoms with Gasteiger partial charge < -0.3 is 0 Å². The Morgan fingerprint density at radius 1 is 1.32 bits per heavy atom. The highest BCUT2D eigenvalue weighted by molar-refractivity contribution is 5.82. The molecule has 0 aromatic carbocycles. The Balaban J connectivity index is 1.85. The van der Waals surface area contributed by atoms with Crippen molar-refractivity contribution >= 4 is 5.78 Å². The lowest BCUT2D eigenvalue weighted by atomic mass is 9.78. The SMILES string of the molecule is CCCC1CCC(C(=O)Cc2ncnn2CC)CC1. The van der Waals surface area contributed by atoms with Gasteiger partial charge in [-0.3, -0.25) is 4.79 Å². The zero-order valence-electron chi connectivity index (χ0n) is 12.1. The average molecular weight is 263 g/mol. The lowest BCUT2D eigenvalue weighted by Gasteiger charge is -2.27. The Morgan fingerprint density at radius 3 is 2.68 bits per heavy atom. The van der Waals surface area contributed by atoms with Gasteiger partial charge in [0.2, 0.25) is 0 Å². The standard InChI is InChI=1S/C15H25N3O/c1-3-5-12-6-8-13(9-7-12)14(19)10-15-16-11-17-18(15)4-2/h11-13H,3-10H2,1-2H3. The highest BCUT2D eigenvalue weighted by Crippen LogP contribution is 2.32. The van der Waals surface area contributed by atoms with Crippen molar-refractivity contribution in [2.75, 3.05) is 0 Å². The predicted octanol–water partition coefficient (Wildman–Crippen LogP) is 3.02. The maximum Gasteiger partial charge on any atom is 0.143 e. The molecule has 4 nitrogen and oxygen atoms in total. The fourth-order valence-corrected chi connectivity index (χ4v) is 3.17.